The minimum atomic E-state index is 0.212. The van der Waals surface area contributed by atoms with Crippen LogP contribution in [0.4, 0.5) is 0 Å². The van der Waals surface area contributed by atoms with Crippen molar-refractivity contribution in [3.05, 3.63) is 121 Å². The average Bonchev–Trinajstić information content (AvgIpc) is 3.55. The maximum atomic E-state index is 6.51. The van der Waals surface area contributed by atoms with Gasteiger partial charge in [-0.15, -0.1) is 11.3 Å². The van der Waals surface area contributed by atoms with Crippen LogP contribution in [-0.2, 0) is 0 Å². The van der Waals surface area contributed by atoms with E-state index < -0.39 is 0 Å². The summed E-state index contributed by atoms with van der Waals surface area (Å²) in [6.45, 7) is 0. The molecule has 184 valence electrons. The molecule has 3 nitrogen and oxygen atoms in total. The Bertz CT molecular complexity index is 2210. The predicted octanol–water partition coefficient (Wildman–Crippen LogP) is 10.4. The molecule has 0 radical (unpaired) electrons. The van der Waals surface area contributed by atoms with Gasteiger partial charge in [0, 0.05) is 42.1 Å². The molecule has 8 aromatic rings. The molecule has 8 rings (SSSR count). The molecule has 3 heterocycles. The Hall–Kier alpha value is -4.51. The van der Waals surface area contributed by atoms with E-state index in [4.69, 9.17) is 16.0 Å². The summed E-state index contributed by atoms with van der Waals surface area (Å²) in [5.41, 5.74) is 7.47. The van der Waals surface area contributed by atoms with Crippen LogP contribution in [0.1, 0.15) is 0 Å². The molecule has 0 atom stereocenters. The molecule has 0 amide bonds. The molecule has 0 unspecified atom stereocenters. The molecule has 5 aromatic carbocycles. The van der Waals surface area contributed by atoms with Gasteiger partial charge in [-0.05, 0) is 59.1 Å². The first-order valence-electron chi connectivity index (χ1n) is 12.7. The second-order valence-electron chi connectivity index (χ2n) is 9.57. The quantitative estimate of drug-likeness (QED) is 0.210. The molecule has 0 spiro atoms. The van der Waals surface area contributed by atoms with Crippen LogP contribution in [0.5, 0.6) is 0 Å². The van der Waals surface area contributed by atoms with Crippen LogP contribution < -0.4 is 0 Å². The number of para-hydroxylation sites is 1. The lowest BCUT2D eigenvalue weighted by Gasteiger charge is -2.09. The van der Waals surface area contributed by atoms with Crippen molar-refractivity contribution in [2.75, 3.05) is 0 Å². The molecule has 5 heteroatoms. The number of fused-ring (bicyclic) bond motifs is 6. The van der Waals surface area contributed by atoms with Crippen LogP contribution in [-0.4, -0.2) is 9.97 Å². The third-order valence-corrected chi connectivity index (χ3v) is 8.55. The van der Waals surface area contributed by atoms with Crippen LogP contribution >= 0.6 is 22.9 Å². The standard InChI is InChI=1S/C34H19ClN2OS/c35-34-36-27(19-28(37-34)25-11-6-13-30-33(25)26-10-1-3-12-29(26)38-30)22-8-5-7-20(17-22)21-15-16-24-23-9-2-4-14-31(23)39-32(24)18-21/h1-19H. The van der Waals surface area contributed by atoms with Crippen molar-refractivity contribution < 1.29 is 4.42 Å². The Labute approximate surface area is 233 Å². The number of aromatic nitrogens is 2. The van der Waals surface area contributed by atoms with Crippen molar-refractivity contribution in [3.63, 3.8) is 0 Å². The van der Waals surface area contributed by atoms with Gasteiger partial charge >= 0.3 is 0 Å². The lowest BCUT2D eigenvalue weighted by Crippen LogP contribution is -1.93. The smallest absolute Gasteiger partial charge is 0.223 e. The van der Waals surface area contributed by atoms with Gasteiger partial charge in [-0.1, -0.05) is 78.9 Å². The summed E-state index contributed by atoms with van der Waals surface area (Å²) in [6, 6.07) is 39.8. The zero-order chi connectivity index (χ0) is 25.9. The van der Waals surface area contributed by atoms with Gasteiger partial charge in [0.2, 0.25) is 5.28 Å². The Morgan fingerprint density at radius 1 is 0.538 bits per heavy atom. The summed E-state index contributed by atoms with van der Waals surface area (Å²) < 4.78 is 8.69. The van der Waals surface area contributed by atoms with Crippen LogP contribution in [0.3, 0.4) is 0 Å². The van der Waals surface area contributed by atoms with Gasteiger partial charge in [-0.2, -0.15) is 0 Å². The Kier molecular flexibility index (Phi) is 5.05. The number of hydrogen-bond donors (Lipinski definition) is 0. The highest BCUT2D eigenvalue weighted by Gasteiger charge is 2.15. The molecule has 0 saturated heterocycles. The molecule has 0 fully saturated rings. The highest BCUT2D eigenvalue weighted by molar-refractivity contribution is 7.25. The van der Waals surface area contributed by atoms with Crippen molar-refractivity contribution >= 4 is 65.0 Å². The van der Waals surface area contributed by atoms with Crippen molar-refractivity contribution in [2.24, 2.45) is 0 Å². The topological polar surface area (TPSA) is 38.9 Å². The van der Waals surface area contributed by atoms with E-state index in [0.717, 1.165) is 50.0 Å². The van der Waals surface area contributed by atoms with Gasteiger partial charge in [0.25, 0.3) is 0 Å². The molecule has 3 aromatic heterocycles. The van der Waals surface area contributed by atoms with E-state index in [1.807, 2.05) is 47.7 Å². The van der Waals surface area contributed by atoms with E-state index in [1.54, 1.807) is 0 Å². The third-order valence-electron chi connectivity index (χ3n) is 7.25. The maximum absolute atomic E-state index is 6.51. The van der Waals surface area contributed by atoms with Gasteiger partial charge < -0.3 is 4.42 Å². The summed E-state index contributed by atoms with van der Waals surface area (Å²) in [4.78, 5) is 9.22. The van der Waals surface area contributed by atoms with Gasteiger partial charge in [0.1, 0.15) is 11.2 Å². The summed E-state index contributed by atoms with van der Waals surface area (Å²) in [5, 5.41) is 4.90. The Morgan fingerprint density at radius 2 is 1.26 bits per heavy atom. The van der Waals surface area contributed by atoms with Crippen molar-refractivity contribution in [3.8, 4) is 33.6 Å². The number of hydrogen-bond acceptors (Lipinski definition) is 4. The highest BCUT2D eigenvalue weighted by Crippen LogP contribution is 2.39. The molecular weight excluding hydrogens is 520 g/mol. The van der Waals surface area contributed by atoms with Gasteiger partial charge in [-0.3, -0.25) is 0 Å². The molecular formula is C34H19ClN2OS. The van der Waals surface area contributed by atoms with Crippen molar-refractivity contribution in [1.82, 2.24) is 9.97 Å². The largest absolute Gasteiger partial charge is 0.456 e. The van der Waals surface area contributed by atoms with Crippen LogP contribution in [0.2, 0.25) is 5.28 Å². The van der Waals surface area contributed by atoms with E-state index in [0.29, 0.717) is 0 Å². The normalized spacial score (nSPS) is 11.7. The summed E-state index contributed by atoms with van der Waals surface area (Å²) >= 11 is 8.34. The number of nitrogens with zero attached hydrogens (tertiary/aromatic N) is 2. The first-order valence-corrected chi connectivity index (χ1v) is 13.9. The molecule has 0 aliphatic heterocycles. The fourth-order valence-electron chi connectivity index (χ4n) is 5.46. The third kappa shape index (κ3) is 3.72. The van der Waals surface area contributed by atoms with Crippen LogP contribution in [0.25, 0.3) is 75.8 Å². The van der Waals surface area contributed by atoms with Crippen LogP contribution in [0.15, 0.2) is 120 Å². The maximum Gasteiger partial charge on any atom is 0.223 e. The monoisotopic (exact) mass is 538 g/mol. The number of thiophene rings is 1. The fraction of sp³-hybridized carbons (Fsp3) is 0. The average molecular weight is 539 g/mol. The summed E-state index contributed by atoms with van der Waals surface area (Å²) in [6.07, 6.45) is 0. The molecule has 0 N–H and O–H groups in total. The van der Waals surface area contributed by atoms with E-state index in [-0.39, 0.29) is 5.28 Å². The number of furan rings is 1. The SMILES string of the molecule is Clc1nc(-c2cccc(-c3ccc4c(c3)sc3ccccc34)c2)cc(-c2cccc3oc4ccccc4c23)n1. The van der Waals surface area contributed by atoms with Gasteiger partial charge in [0.05, 0.1) is 11.4 Å². The minimum absolute atomic E-state index is 0.212. The lowest BCUT2D eigenvalue weighted by atomic mass is 9.99. The fourth-order valence-corrected chi connectivity index (χ4v) is 6.78. The number of rotatable bonds is 3. The van der Waals surface area contributed by atoms with E-state index in [9.17, 15) is 0 Å². The van der Waals surface area contributed by atoms with E-state index >= 15 is 0 Å². The summed E-state index contributed by atoms with van der Waals surface area (Å²) in [5.74, 6) is 0. The molecule has 39 heavy (non-hydrogen) atoms. The molecule has 0 aliphatic carbocycles. The summed E-state index contributed by atoms with van der Waals surface area (Å²) in [7, 11) is 0. The zero-order valence-electron chi connectivity index (χ0n) is 20.6. The zero-order valence-corrected chi connectivity index (χ0v) is 22.1. The van der Waals surface area contributed by atoms with Gasteiger partial charge in [-0.25, -0.2) is 9.97 Å². The number of benzene rings is 5. The van der Waals surface area contributed by atoms with E-state index in [1.165, 1.54) is 25.7 Å². The van der Waals surface area contributed by atoms with Crippen molar-refractivity contribution in [2.45, 2.75) is 0 Å². The Morgan fingerprint density at radius 3 is 2.21 bits per heavy atom. The molecule has 0 aliphatic rings. The second-order valence-corrected chi connectivity index (χ2v) is 11.0. The first kappa shape index (κ1) is 22.5. The molecule has 0 bridgehead atoms. The minimum Gasteiger partial charge on any atom is -0.456 e. The van der Waals surface area contributed by atoms with Crippen molar-refractivity contribution in [1.29, 1.82) is 0 Å². The first-order chi connectivity index (χ1) is 19.2. The van der Waals surface area contributed by atoms with Gasteiger partial charge in [0.15, 0.2) is 0 Å². The van der Waals surface area contributed by atoms with E-state index in [2.05, 4.69) is 88.8 Å². The Balaban J connectivity index is 1.25. The second kappa shape index (κ2) is 8.77. The predicted molar refractivity (Wildman–Crippen MR) is 164 cm³/mol. The van der Waals surface area contributed by atoms with Crippen LogP contribution in [0, 0.1) is 0 Å². The highest BCUT2D eigenvalue weighted by atomic mass is 35.5. The lowest BCUT2D eigenvalue weighted by molar-refractivity contribution is 0.669. The molecule has 0 saturated carbocycles. The number of halogens is 1.